The number of hydrogen-bond donors (Lipinski definition) is 0. The van der Waals surface area contributed by atoms with E-state index in [2.05, 4.69) is 0 Å². The second-order valence-corrected chi connectivity index (χ2v) is 6.40. The number of carbonyl (C=O) groups excluding carboxylic acids is 1. The molecule has 0 atom stereocenters. The second kappa shape index (κ2) is 6.08. The number of allylic oxidation sites excluding steroid dienone is 3. The van der Waals surface area contributed by atoms with Crippen molar-refractivity contribution in [3.8, 4) is 0 Å². The predicted octanol–water partition coefficient (Wildman–Crippen LogP) is 2.75. The van der Waals surface area contributed by atoms with Gasteiger partial charge < -0.3 is 14.2 Å². The lowest BCUT2D eigenvalue weighted by Crippen LogP contribution is -2.41. The Labute approximate surface area is 129 Å². The molecule has 0 aromatic heterocycles. The maximum absolute atomic E-state index is 12.8. The Hall–Kier alpha value is -1.28. The van der Waals surface area contributed by atoms with E-state index in [-0.39, 0.29) is 11.8 Å². The molecule has 1 rings (SSSR count). The number of hydrogen-bond acceptors (Lipinski definition) is 4. The van der Waals surface area contributed by atoms with Gasteiger partial charge in [0.15, 0.2) is 6.29 Å². The number of nitrogens with zero attached hydrogens (tertiary/aromatic N) is 1. The third-order valence-electron chi connectivity index (χ3n) is 3.71. The van der Waals surface area contributed by atoms with Crippen LogP contribution in [0.15, 0.2) is 23.3 Å². The van der Waals surface area contributed by atoms with E-state index in [1.807, 2.05) is 0 Å². The summed E-state index contributed by atoms with van der Waals surface area (Å²) in [5.74, 6) is 0. The molecule has 0 spiro atoms. The monoisotopic (exact) mass is 319 g/mol. The first-order valence-corrected chi connectivity index (χ1v) is 6.78. The maximum atomic E-state index is 12.8. The summed E-state index contributed by atoms with van der Waals surface area (Å²) in [6.07, 6.45) is -2.74. The molecule has 1 fully saturated rings. The summed E-state index contributed by atoms with van der Waals surface area (Å²) < 4.78 is 49.8. The molecule has 4 nitrogen and oxygen atoms in total. The molecule has 0 aromatic carbocycles. The Morgan fingerprint density at radius 2 is 1.55 bits per heavy atom. The van der Waals surface area contributed by atoms with Crippen molar-refractivity contribution < 1.29 is 27.3 Å². The first-order chi connectivity index (χ1) is 9.80. The third kappa shape index (κ3) is 4.13. The van der Waals surface area contributed by atoms with Crippen molar-refractivity contribution in [1.82, 2.24) is 4.90 Å². The van der Waals surface area contributed by atoms with Gasteiger partial charge in [-0.3, -0.25) is 4.79 Å². The predicted molar refractivity (Wildman–Crippen MR) is 78.1 cm³/mol. The van der Waals surface area contributed by atoms with E-state index in [4.69, 9.17) is 9.31 Å². The molecule has 0 N–H and O–H groups in total. The number of aldehydes is 1. The molecule has 0 unspecified atom stereocenters. The van der Waals surface area contributed by atoms with E-state index in [1.54, 1.807) is 46.7 Å². The standard InChI is InChI=1S/C14H21BF3NO3/c1-12(2)13(3,4)22-15(21-12)11(8-19(5)6)7-10(9-20)14(16,17)18/h7-9H,1-6H3/b10-7+,11-8+. The van der Waals surface area contributed by atoms with Crippen LogP contribution in [0, 0.1) is 0 Å². The van der Waals surface area contributed by atoms with Crippen molar-refractivity contribution in [3.05, 3.63) is 23.3 Å². The van der Waals surface area contributed by atoms with Gasteiger partial charge in [-0.25, -0.2) is 0 Å². The average molecular weight is 319 g/mol. The first kappa shape index (κ1) is 18.8. The van der Waals surface area contributed by atoms with Crippen molar-refractivity contribution in [2.45, 2.75) is 45.1 Å². The van der Waals surface area contributed by atoms with Crippen LogP contribution in [0.2, 0.25) is 0 Å². The number of alkyl halides is 3. The molecule has 0 aromatic rings. The normalized spacial score (nSPS) is 22.0. The van der Waals surface area contributed by atoms with Crippen LogP contribution in [-0.4, -0.2) is 49.8 Å². The maximum Gasteiger partial charge on any atom is 0.496 e. The van der Waals surface area contributed by atoms with Gasteiger partial charge in [0.05, 0.1) is 16.8 Å². The molecule has 1 aliphatic heterocycles. The summed E-state index contributed by atoms with van der Waals surface area (Å²) in [6.45, 7) is 7.20. The van der Waals surface area contributed by atoms with Crippen molar-refractivity contribution >= 4 is 13.4 Å². The van der Waals surface area contributed by atoms with Gasteiger partial charge in [0, 0.05) is 14.1 Å². The van der Waals surface area contributed by atoms with Crippen LogP contribution in [0.1, 0.15) is 27.7 Å². The quantitative estimate of drug-likeness (QED) is 0.346. The lowest BCUT2D eigenvalue weighted by Gasteiger charge is -2.32. The molecule has 0 radical (unpaired) electrons. The SMILES string of the molecule is CN(C)/C=C(\C=C(/C=O)C(F)(F)F)B1OC(C)(C)C(C)(C)O1. The fraction of sp³-hybridized carbons (Fsp3) is 0.643. The Bertz CT molecular complexity index is 480. The van der Waals surface area contributed by atoms with Gasteiger partial charge in [0.1, 0.15) is 0 Å². The van der Waals surface area contributed by atoms with Gasteiger partial charge in [-0.2, -0.15) is 13.2 Å². The van der Waals surface area contributed by atoms with Gasteiger partial charge in [-0.1, -0.05) is 0 Å². The molecule has 22 heavy (non-hydrogen) atoms. The molecule has 8 heteroatoms. The van der Waals surface area contributed by atoms with Crippen LogP contribution in [0.3, 0.4) is 0 Å². The van der Waals surface area contributed by atoms with E-state index in [0.717, 1.165) is 6.08 Å². The number of halogens is 3. The van der Waals surface area contributed by atoms with Gasteiger partial charge in [-0.15, -0.1) is 0 Å². The highest BCUT2D eigenvalue weighted by Gasteiger charge is 2.52. The van der Waals surface area contributed by atoms with E-state index < -0.39 is 30.1 Å². The Morgan fingerprint density at radius 1 is 1.09 bits per heavy atom. The average Bonchev–Trinajstić information content (AvgIpc) is 2.51. The molecule has 0 saturated carbocycles. The van der Waals surface area contributed by atoms with Crippen molar-refractivity contribution in [1.29, 1.82) is 0 Å². The zero-order valence-corrected chi connectivity index (χ0v) is 13.6. The Kier molecular flexibility index (Phi) is 5.19. The summed E-state index contributed by atoms with van der Waals surface area (Å²) in [5.41, 5.74) is -2.52. The third-order valence-corrected chi connectivity index (χ3v) is 3.71. The molecule has 1 saturated heterocycles. The molecule has 1 aliphatic rings. The minimum atomic E-state index is -4.73. The van der Waals surface area contributed by atoms with Crippen LogP contribution in [-0.2, 0) is 14.1 Å². The Morgan fingerprint density at radius 3 is 1.86 bits per heavy atom. The van der Waals surface area contributed by atoms with E-state index in [1.165, 1.54) is 6.20 Å². The number of carbonyl (C=O) groups is 1. The van der Waals surface area contributed by atoms with Crippen molar-refractivity contribution in [2.75, 3.05) is 14.1 Å². The zero-order valence-electron chi connectivity index (χ0n) is 13.6. The summed E-state index contributed by atoms with van der Waals surface area (Å²) in [4.78, 5) is 12.3. The second-order valence-electron chi connectivity index (χ2n) is 6.40. The summed E-state index contributed by atoms with van der Waals surface area (Å²) >= 11 is 0. The van der Waals surface area contributed by atoms with E-state index in [9.17, 15) is 18.0 Å². The van der Waals surface area contributed by atoms with Crippen LogP contribution >= 0.6 is 0 Å². The van der Waals surface area contributed by atoms with Crippen molar-refractivity contribution in [2.24, 2.45) is 0 Å². The van der Waals surface area contributed by atoms with E-state index >= 15 is 0 Å². The lowest BCUT2D eigenvalue weighted by atomic mass is 9.77. The summed E-state index contributed by atoms with van der Waals surface area (Å²) in [7, 11) is 2.34. The fourth-order valence-electron chi connectivity index (χ4n) is 1.81. The van der Waals surface area contributed by atoms with Crippen LogP contribution < -0.4 is 0 Å². The fourth-order valence-corrected chi connectivity index (χ4v) is 1.81. The molecule has 1 heterocycles. The largest absolute Gasteiger partial charge is 0.496 e. The summed E-state index contributed by atoms with van der Waals surface area (Å²) in [5, 5.41) is 0. The van der Waals surface area contributed by atoms with Crippen LogP contribution in [0.5, 0.6) is 0 Å². The highest BCUT2D eigenvalue weighted by molar-refractivity contribution is 6.55. The van der Waals surface area contributed by atoms with E-state index in [0.29, 0.717) is 0 Å². The Balaban J connectivity index is 3.23. The highest BCUT2D eigenvalue weighted by atomic mass is 19.4. The number of rotatable bonds is 4. The smallest absolute Gasteiger partial charge is 0.399 e. The minimum Gasteiger partial charge on any atom is -0.399 e. The van der Waals surface area contributed by atoms with Crippen molar-refractivity contribution in [3.63, 3.8) is 0 Å². The van der Waals surface area contributed by atoms with Gasteiger partial charge in [0.2, 0.25) is 0 Å². The van der Waals surface area contributed by atoms with Gasteiger partial charge in [-0.05, 0) is 45.4 Å². The molecule has 0 aliphatic carbocycles. The molecular formula is C14H21BF3NO3. The summed E-state index contributed by atoms with van der Waals surface area (Å²) in [6, 6.07) is 0. The highest BCUT2D eigenvalue weighted by Crippen LogP contribution is 2.39. The molecule has 0 bridgehead atoms. The molecule has 0 amide bonds. The van der Waals surface area contributed by atoms with Gasteiger partial charge >= 0.3 is 13.3 Å². The van der Waals surface area contributed by atoms with Crippen LogP contribution in [0.25, 0.3) is 0 Å². The van der Waals surface area contributed by atoms with Gasteiger partial charge in [0.25, 0.3) is 0 Å². The minimum absolute atomic E-state index is 0.128. The topological polar surface area (TPSA) is 38.8 Å². The molecule has 124 valence electrons. The first-order valence-electron chi connectivity index (χ1n) is 6.78. The van der Waals surface area contributed by atoms with Crippen LogP contribution in [0.4, 0.5) is 13.2 Å². The zero-order chi connectivity index (χ0) is 17.3. The molecular weight excluding hydrogens is 298 g/mol. The lowest BCUT2D eigenvalue weighted by molar-refractivity contribution is -0.119.